The number of ether oxygens (including phenoxy) is 1. The summed E-state index contributed by atoms with van der Waals surface area (Å²) < 4.78 is 34.3. The summed E-state index contributed by atoms with van der Waals surface area (Å²) in [5, 5.41) is 7.80. The van der Waals surface area contributed by atoms with Crippen molar-refractivity contribution in [1.29, 1.82) is 0 Å². The van der Waals surface area contributed by atoms with Gasteiger partial charge in [0.2, 0.25) is 0 Å². The van der Waals surface area contributed by atoms with Crippen molar-refractivity contribution in [1.82, 2.24) is 15.1 Å². The summed E-state index contributed by atoms with van der Waals surface area (Å²) in [6, 6.07) is 10.6. The largest absolute Gasteiger partial charge is 0.465 e. The molecule has 138 valence electrons. The van der Waals surface area contributed by atoms with Crippen LogP contribution in [0.3, 0.4) is 0 Å². The molecule has 27 heavy (non-hydrogen) atoms. The lowest BCUT2D eigenvalue weighted by Crippen LogP contribution is -2.11. The SMILES string of the molecule is COC(=O)c1cccc(Cn2nc3c(c2-c2ccc(F)cc2F)CNC3)c1. The number of nitrogens with zero attached hydrogens (tertiary/aromatic N) is 2. The first-order chi connectivity index (χ1) is 13.1. The summed E-state index contributed by atoms with van der Waals surface area (Å²) in [6.45, 7) is 1.52. The first-order valence-corrected chi connectivity index (χ1v) is 8.49. The van der Waals surface area contributed by atoms with Crippen molar-refractivity contribution < 1.29 is 18.3 Å². The standard InChI is InChI=1S/C20H17F2N3O2/c1-27-20(26)13-4-2-3-12(7-13)11-25-19(16-9-23-10-18(16)24-25)15-6-5-14(21)8-17(15)22/h2-8,23H,9-11H2,1H3. The van der Waals surface area contributed by atoms with Crippen LogP contribution in [0.5, 0.6) is 0 Å². The van der Waals surface area contributed by atoms with E-state index in [4.69, 9.17) is 4.74 Å². The number of carbonyl (C=O) groups excluding carboxylic acids is 1. The van der Waals surface area contributed by atoms with Gasteiger partial charge in [-0.3, -0.25) is 4.68 Å². The van der Waals surface area contributed by atoms with E-state index in [1.807, 2.05) is 6.07 Å². The summed E-state index contributed by atoms with van der Waals surface area (Å²) >= 11 is 0. The lowest BCUT2D eigenvalue weighted by molar-refractivity contribution is 0.0600. The van der Waals surface area contributed by atoms with Crippen LogP contribution in [0, 0.1) is 11.6 Å². The predicted octanol–water partition coefficient (Wildman–Crippen LogP) is 3.27. The number of fused-ring (bicyclic) bond motifs is 1. The van der Waals surface area contributed by atoms with Gasteiger partial charge >= 0.3 is 5.97 Å². The Bertz CT molecular complexity index is 1030. The fourth-order valence-electron chi connectivity index (χ4n) is 3.37. The monoisotopic (exact) mass is 369 g/mol. The van der Waals surface area contributed by atoms with Crippen LogP contribution in [0.15, 0.2) is 42.5 Å². The number of hydrogen-bond acceptors (Lipinski definition) is 4. The van der Waals surface area contributed by atoms with Gasteiger partial charge in [0.25, 0.3) is 0 Å². The minimum atomic E-state index is -0.630. The molecule has 7 heteroatoms. The van der Waals surface area contributed by atoms with Crippen LogP contribution in [0.4, 0.5) is 8.78 Å². The third kappa shape index (κ3) is 3.21. The number of esters is 1. The van der Waals surface area contributed by atoms with Crippen LogP contribution >= 0.6 is 0 Å². The molecule has 0 radical (unpaired) electrons. The summed E-state index contributed by atoms with van der Waals surface area (Å²) in [5.74, 6) is -1.68. The van der Waals surface area contributed by atoms with Gasteiger partial charge in [0, 0.05) is 30.3 Å². The van der Waals surface area contributed by atoms with Gasteiger partial charge in [-0.15, -0.1) is 0 Å². The van der Waals surface area contributed by atoms with Crippen LogP contribution in [0.2, 0.25) is 0 Å². The molecule has 0 amide bonds. The fraction of sp³-hybridized carbons (Fsp3) is 0.200. The van der Waals surface area contributed by atoms with Crippen molar-refractivity contribution in [2.45, 2.75) is 19.6 Å². The summed E-state index contributed by atoms with van der Waals surface area (Å²) in [5.41, 5.74) is 3.94. The van der Waals surface area contributed by atoms with Crippen LogP contribution in [-0.2, 0) is 24.4 Å². The van der Waals surface area contributed by atoms with Gasteiger partial charge < -0.3 is 10.1 Å². The van der Waals surface area contributed by atoms with E-state index in [0.717, 1.165) is 22.9 Å². The Morgan fingerprint density at radius 3 is 2.85 bits per heavy atom. The molecule has 1 aliphatic heterocycles. The highest BCUT2D eigenvalue weighted by molar-refractivity contribution is 5.89. The minimum absolute atomic E-state index is 0.304. The minimum Gasteiger partial charge on any atom is -0.465 e. The lowest BCUT2D eigenvalue weighted by Gasteiger charge is -2.12. The molecule has 0 spiro atoms. The molecule has 0 aliphatic carbocycles. The Balaban J connectivity index is 1.77. The maximum absolute atomic E-state index is 14.5. The summed E-state index contributed by atoms with van der Waals surface area (Å²) in [7, 11) is 1.33. The first-order valence-electron chi connectivity index (χ1n) is 8.49. The normalized spacial score (nSPS) is 12.9. The van der Waals surface area contributed by atoms with Crippen molar-refractivity contribution in [3.8, 4) is 11.3 Å². The van der Waals surface area contributed by atoms with Gasteiger partial charge in [-0.1, -0.05) is 12.1 Å². The maximum atomic E-state index is 14.5. The number of halogens is 2. The Morgan fingerprint density at radius 2 is 2.07 bits per heavy atom. The Labute approximate surface area is 154 Å². The molecule has 1 aromatic heterocycles. The van der Waals surface area contributed by atoms with Crippen LogP contribution in [0.25, 0.3) is 11.3 Å². The van der Waals surface area contributed by atoms with Gasteiger partial charge in [-0.25, -0.2) is 13.6 Å². The molecule has 2 heterocycles. The van der Waals surface area contributed by atoms with Gasteiger partial charge in [-0.2, -0.15) is 5.10 Å². The van der Waals surface area contributed by atoms with E-state index in [2.05, 4.69) is 10.4 Å². The zero-order valence-electron chi connectivity index (χ0n) is 14.6. The van der Waals surface area contributed by atoms with Crippen molar-refractivity contribution >= 4 is 5.97 Å². The van der Waals surface area contributed by atoms with Gasteiger partial charge in [-0.05, 0) is 29.8 Å². The van der Waals surface area contributed by atoms with E-state index < -0.39 is 17.6 Å². The molecular formula is C20H17F2N3O2. The molecule has 0 bridgehead atoms. The third-order valence-corrected chi connectivity index (χ3v) is 4.59. The molecule has 4 rings (SSSR count). The molecule has 0 fully saturated rings. The zero-order valence-corrected chi connectivity index (χ0v) is 14.6. The molecule has 5 nitrogen and oxygen atoms in total. The molecule has 2 aromatic carbocycles. The van der Waals surface area contributed by atoms with Crippen molar-refractivity contribution in [2.24, 2.45) is 0 Å². The van der Waals surface area contributed by atoms with Gasteiger partial charge in [0.05, 0.1) is 30.6 Å². The molecule has 1 N–H and O–H groups in total. The average molecular weight is 369 g/mol. The third-order valence-electron chi connectivity index (χ3n) is 4.59. The molecule has 0 saturated carbocycles. The molecule has 0 unspecified atom stereocenters. The number of aromatic nitrogens is 2. The fourth-order valence-corrected chi connectivity index (χ4v) is 3.37. The molecule has 0 atom stereocenters. The highest BCUT2D eigenvalue weighted by Crippen LogP contribution is 2.32. The predicted molar refractivity (Wildman–Crippen MR) is 95.0 cm³/mol. The number of hydrogen-bond donors (Lipinski definition) is 1. The molecular weight excluding hydrogens is 352 g/mol. The zero-order chi connectivity index (χ0) is 19.0. The number of nitrogens with one attached hydrogen (secondary N) is 1. The van der Waals surface area contributed by atoms with Crippen molar-refractivity contribution in [2.75, 3.05) is 7.11 Å². The second-order valence-electron chi connectivity index (χ2n) is 6.35. The smallest absolute Gasteiger partial charge is 0.337 e. The van der Waals surface area contributed by atoms with E-state index in [1.165, 1.54) is 19.2 Å². The van der Waals surface area contributed by atoms with Crippen molar-refractivity contribution in [3.05, 3.63) is 76.5 Å². The highest BCUT2D eigenvalue weighted by Gasteiger charge is 2.25. The van der Waals surface area contributed by atoms with E-state index in [-0.39, 0.29) is 0 Å². The van der Waals surface area contributed by atoms with Gasteiger partial charge in [0.1, 0.15) is 11.6 Å². The number of rotatable bonds is 4. The number of benzene rings is 2. The van der Waals surface area contributed by atoms with Crippen LogP contribution in [-0.4, -0.2) is 22.9 Å². The van der Waals surface area contributed by atoms with E-state index >= 15 is 0 Å². The number of methoxy groups -OCH3 is 1. The van der Waals surface area contributed by atoms with Gasteiger partial charge in [0.15, 0.2) is 0 Å². The quantitative estimate of drug-likeness (QED) is 0.717. The molecule has 1 aliphatic rings. The van der Waals surface area contributed by atoms with E-state index in [0.29, 0.717) is 36.5 Å². The van der Waals surface area contributed by atoms with Crippen LogP contribution in [0.1, 0.15) is 27.2 Å². The second kappa shape index (κ2) is 6.92. The summed E-state index contributed by atoms with van der Waals surface area (Å²) in [4.78, 5) is 11.8. The highest BCUT2D eigenvalue weighted by atomic mass is 19.1. The Morgan fingerprint density at radius 1 is 1.22 bits per heavy atom. The van der Waals surface area contributed by atoms with E-state index in [9.17, 15) is 13.6 Å². The summed E-state index contributed by atoms with van der Waals surface area (Å²) in [6.07, 6.45) is 0. The maximum Gasteiger partial charge on any atom is 0.337 e. The Kier molecular flexibility index (Phi) is 4.45. The first kappa shape index (κ1) is 17.4. The van der Waals surface area contributed by atoms with E-state index in [1.54, 1.807) is 22.9 Å². The number of carbonyl (C=O) groups is 1. The van der Waals surface area contributed by atoms with Crippen molar-refractivity contribution in [3.63, 3.8) is 0 Å². The molecule has 3 aromatic rings. The lowest BCUT2D eigenvalue weighted by atomic mass is 10.1. The molecule has 0 saturated heterocycles. The topological polar surface area (TPSA) is 56.2 Å². The Hall–Kier alpha value is -3.06. The second-order valence-corrected chi connectivity index (χ2v) is 6.35. The van der Waals surface area contributed by atoms with Crippen LogP contribution < -0.4 is 5.32 Å². The average Bonchev–Trinajstić information content (AvgIpc) is 3.23.